The molecular weight excluding hydrogens is 536 g/mol. The Morgan fingerprint density at radius 3 is 2.42 bits per heavy atom. The van der Waals surface area contributed by atoms with Gasteiger partial charge in [0.1, 0.15) is 17.7 Å². The number of urea groups is 1. The maximum Gasteiger partial charge on any atom is 0.389 e. The maximum atomic E-state index is 13.5. The highest BCUT2D eigenvalue weighted by Crippen LogP contribution is 2.31. The highest BCUT2D eigenvalue weighted by molar-refractivity contribution is 6.00. The van der Waals surface area contributed by atoms with E-state index in [1.165, 1.54) is 52.3 Å². The lowest BCUT2D eigenvalue weighted by atomic mass is 9.99. The number of aliphatic hydroxyl groups excluding tert-OH is 1. The fourth-order valence-electron chi connectivity index (χ4n) is 4.10. The van der Waals surface area contributed by atoms with Crippen molar-refractivity contribution in [3.8, 4) is 5.75 Å². The molecule has 0 radical (unpaired) electrons. The summed E-state index contributed by atoms with van der Waals surface area (Å²) < 4.78 is 56.8. The third kappa shape index (κ3) is 8.31. The lowest BCUT2D eigenvalue weighted by Crippen LogP contribution is -2.50. The van der Waals surface area contributed by atoms with Gasteiger partial charge < -0.3 is 30.3 Å². The fraction of sp³-hybridized carbons (Fsp3) is 0.444. The zero-order valence-electron chi connectivity index (χ0n) is 22.3. The summed E-state index contributed by atoms with van der Waals surface area (Å²) in [4.78, 5) is 41.1. The Morgan fingerprint density at radius 1 is 1.15 bits per heavy atom. The summed E-state index contributed by atoms with van der Waals surface area (Å²) in [5, 5.41) is 14.8. The van der Waals surface area contributed by atoms with Crippen LogP contribution < -0.4 is 15.4 Å². The highest BCUT2D eigenvalue weighted by atomic mass is 19.4. The van der Waals surface area contributed by atoms with Crippen molar-refractivity contribution >= 4 is 29.2 Å². The van der Waals surface area contributed by atoms with Gasteiger partial charge in [-0.15, -0.1) is 0 Å². The summed E-state index contributed by atoms with van der Waals surface area (Å²) >= 11 is 0. The van der Waals surface area contributed by atoms with E-state index < -0.39 is 54.8 Å². The van der Waals surface area contributed by atoms with Crippen molar-refractivity contribution in [1.29, 1.82) is 0 Å². The number of halogens is 4. The molecule has 4 amide bonds. The van der Waals surface area contributed by atoms with E-state index in [9.17, 15) is 37.1 Å². The first-order valence-electron chi connectivity index (χ1n) is 12.6. The molecule has 40 heavy (non-hydrogen) atoms. The molecule has 0 unspecified atom stereocenters. The van der Waals surface area contributed by atoms with E-state index in [0.717, 1.165) is 0 Å². The average Bonchev–Trinajstić information content (AvgIpc) is 2.90. The average molecular weight is 569 g/mol. The minimum absolute atomic E-state index is 0.0456. The Hall–Kier alpha value is -3.87. The second-order valence-corrected chi connectivity index (χ2v) is 9.81. The van der Waals surface area contributed by atoms with E-state index in [1.807, 2.05) is 6.92 Å². The van der Waals surface area contributed by atoms with Gasteiger partial charge in [0.05, 0.1) is 31.2 Å². The zero-order chi connectivity index (χ0) is 29.6. The van der Waals surface area contributed by atoms with Gasteiger partial charge in [-0.25, -0.2) is 9.18 Å². The summed E-state index contributed by atoms with van der Waals surface area (Å²) in [7, 11) is 1.55. The molecule has 218 valence electrons. The Morgan fingerprint density at radius 2 is 1.80 bits per heavy atom. The van der Waals surface area contributed by atoms with Gasteiger partial charge in [-0.2, -0.15) is 13.2 Å². The number of ether oxygens (including phenoxy) is 1. The molecule has 0 saturated carbocycles. The third-order valence-electron chi connectivity index (χ3n) is 6.48. The van der Waals surface area contributed by atoms with Crippen molar-refractivity contribution in [2.45, 2.75) is 45.0 Å². The third-order valence-corrected chi connectivity index (χ3v) is 6.48. The SMILES string of the molecule is C[C@@H]1CN([C@H](C)CO)C(=O)c2cc(NC(=O)CCC(F)(F)F)ccc2O[C@H]1CN(C)C(=O)Nc1ccc(F)cc1. The van der Waals surface area contributed by atoms with Crippen molar-refractivity contribution in [2.24, 2.45) is 5.92 Å². The molecule has 0 spiro atoms. The van der Waals surface area contributed by atoms with Crippen LogP contribution in [0.1, 0.15) is 37.0 Å². The molecule has 1 aliphatic rings. The molecule has 9 nitrogen and oxygen atoms in total. The van der Waals surface area contributed by atoms with Gasteiger partial charge in [-0.05, 0) is 49.4 Å². The van der Waals surface area contributed by atoms with Crippen LogP contribution in [0.25, 0.3) is 0 Å². The molecule has 0 aliphatic carbocycles. The monoisotopic (exact) mass is 568 g/mol. The van der Waals surface area contributed by atoms with Gasteiger partial charge in [0, 0.05) is 37.3 Å². The number of aliphatic hydroxyl groups is 1. The number of likely N-dealkylation sites (N-methyl/N-ethyl adjacent to an activating group) is 1. The van der Waals surface area contributed by atoms with Crippen LogP contribution in [0, 0.1) is 11.7 Å². The van der Waals surface area contributed by atoms with E-state index in [4.69, 9.17) is 4.74 Å². The molecule has 1 aliphatic heterocycles. The lowest BCUT2D eigenvalue weighted by Gasteiger charge is -2.38. The molecule has 3 N–H and O–H groups in total. The van der Waals surface area contributed by atoms with E-state index in [2.05, 4.69) is 10.6 Å². The molecule has 3 atom stereocenters. The standard InChI is InChI=1S/C27H32F4N4O5/c1-16-13-35(17(2)15-36)25(38)21-12-20(32-24(37)10-11-27(29,30)31)8-9-22(21)40-23(16)14-34(3)26(39)33-19-6-4-18(28)5-7-19/h4-9,12,16-17,23,36H,10-11,13-15H2,1-3H3,(H,32,37)(H,33,39)/t16-,17-,23+/m1/s1. The Labute approximate surface area is 229 Å². The molecule has 3 rings (SSSR count). The quantitative estimate of drug-likeness (QED) is 0.407. The van der Waals surface area contributed by atoms with Crippen molar-refractivity contribution in [1.82, 2.24) is 9.80 Å². The number of carbonyl (C=O) groups is 3. The van der Waals surface area contributed by atoms with Crippen molar-refractivity contribution in [3.05, 3.63) is 53.8 Å². The van der Waals surface area contributed by atoms with Gasteiger partial charge in [-0.1, -0.05) is 6.92 Å². The van der Waals surface area contributed by atoms with Crippen LogP contribution in [-0.2, 0) is 4.79 Å². The molecule has 0 saturated heterocycles. The smallest absolute Gasteiger partial charge is 0.389 e. The number of amides is 4. The van der Waals surface area contributed by atoms with Gasteiger partial charge in [0.25, 0.3) is 5.91 Å². The number of carbonyl (C=O) groups excluding carboxylic acids is 3. The Kier molecular flexibility index (Phi) is 9.96. The fourth-order valence-corrected chi connectivity index (χ4v) is 4.10. The molecule has 1 heterocycles. The number of rotatable bonds is 8. The van der Waals surface area contributed by atoms with Gasteiger partial charge in [0.15, 0.2) is 0 Å². The summed E-state index contributed by atoms with van der Waals surface area (Å²) in [6.07, 6.45) is -7.15. The normalized spacial score (nSPS) is 18.1. The van der Waals surface area contributed by atoms with E-state index in [-0.39, 0.29) is 42.6 Å². The number of anilines is 2. The minimum Gasteiger partial charge on any atom is -0.487 e. The summed E-state index contributed by atoms with van der Waals surface area (Å²) in [5.41, 5.74) is 0.554. The van der Waals surface area contributed by atoms with E-state index >= 15 is 0 Å². The summed E-state index contributed by atoms with van der Waals surface area (Å²) in [6, 6.07) is 8.38. The van der Waals surface area contributed by atoms with Crippen molar-refractivity contribution in [2.75, 3.05) is 37.4 Å². The number of nitrogens with zero attached hydrogens (tertiary/aromatic N) is 2. The molecule has 13 heteroatoms. The number of alkyl halides is 3. The first kappa shape index (κ1) is 30.7. The predicted octanol–water partition coefficient (Wildman–Crippen LogP) is 4.49. The maximum absolute atomic E-state index is 13.5. The van der Waals surface area contributed by atoms with Crippen LogP contribution in [0.5, 0.6) is 5.75 Å². The van der Waals surface area contributed by atoms with Crippen molar-refractivity contribution < 1.29 is 41.8 Å². The van der Waals surface area contributed by atoms with Gasteiger partial charge >= 0.3 is 12.2 Å². The topological polar surface area (TPSA) is 111 Å². The van der Waals surface area contributed by atoms with Gasteiger partial charge in [-0.3, -0.25) is 9.59 Å². The second kappa shape index (κ2) is 13.0. The molecule has 0 fully saturated rings. The van der Waals surface area contributed by atoms with Gasteiger partial charge in [0.2, 0.25) is 5.91 Å². The number of hydrogen-bond acceptors (Lipinski definition) is 5. The lowest BCUT2D eigenvalue weighted by molar-refractivity contribution is -0.142. The highest BCUT2D eigenvalue weighted by Gasteiger charge is 2.34. The zero-order valence-corrected chi connectivity index (χ0v) is 22.3. The first-order chi connectivity index (χ1) is 18.8. The van der Waals surface area contributed by atoms with E-state index in [0.29, 0.717) is 5.69 Å². The van der Waals surface area contributed by atoms with Crippen LogP contribution in [0.4, 0.5) is 33.7 Å². The van der Waals surface area contributed by atoms with E-state index in [1.54, 1.807) is 14.0 Å². The molecular formula is C27H32F4N4O5. The minimum atomic E-state index is -4.48. The largest absolute Gasteiger partial charge is 0.487 e. The van der Waals surface area contributed by atoms with Crippen molar-refractivity contribution in [3.63, 3.8) is 0 Å². The number of hydrogen-bond donors (Lipinski definition) is 3. The van der Waals surface area contributed by atoms with Crippen LogP contribution in [0.2, 0.25) is 0 Å². The van der Waals surface area contributed by atoms with Crippen LogP contribution >= 0.6 is 0 Å². The Bertz CT molecular complexity index is 1210. The number of benzene rings is 2. The first-order valence-corrected chi connectivity index (χ1v) is 12.6. The van der Waals surface area contributed by atoms with Crippen LogP contribution in [0.3, 0.4) is 0 Å². The molecule has 0 aromatic heterocycles. The van der Waals surface area contributed by atoms with Crippen LogP contribution in [0.15, 0.2) is 42.5 Å². The number of nitrogens with one attached hydrogen (secondary N) is 2. The second-order valence-electron chi connectivity index (χ2n) is 9.81. The van der Waals surface area contributed by atoms with Crippen LogP contribution in [-0.4, -0.2) is 77.8 Å². The molecule has 2 aromatic carbocycles. The predicted molar refractivity (Wildman–Crippen MR) is 140 cm³/mol. The summed E-state index contributed by atoms with van der Waals surface area (Å²) in [5.74, 6) is -1.94. The Balaban J connectivity index is 1.83. The molecule has 0 bridgehead atoms. The molecule has 2 aromatic rings. The number of fused-ring (bicyclic) bond motifs is 1. The summed E-state index contributed by atoms with van der Waals surface area (Å²) in [6.45, 7) is 3.43.